The Labute approximate surface area is 165 Å². The molecule has 5 rings (SSSR count). The standard InChI is InChI=1S/C21H17F2N5O/c22-15-10-4-3-9-14(15)20-24-21(29-26-20)18-19(13-7-1-2-8-13)28(27-25-18)17-12-6-5-11-16(17)23/h3-6,9-13H,1-2,7-8H2. The number of rotatable bonds is 4. The zero-order valence-electron chi connectivity index (χ0n) is 15.4. The second-order valence-electron chi connectivity index (χ2n) is 7.07. The van der Waals surface area contributed by atoms with Gasteiger partial charge in [0.15, 0.2) is 5.69 Å². The number of nitrogens with zero attached hydrogens (tertiary/aromatic N) is 5. The maximum atomic E-state index is 14.4. The van der Waals surface area contributed by atoms with Gasteiger partial charge in [0.2, 0.25) is 5.82 Å². The minimum atomic E-state index is -0.439. The molecule has 0 atom stereocenters. The normalized spacial score (nSPS) is 14.6. The molecule has 2 aromatic heterocycles. The first-order valence-electron chi connectivity index (χ1n) is 9.52. The minimum Gasteiger partial charge on any atom is -0.332 e. The third-order valence-electron chi connectivity index (χ3n) is 5.27. The highest BCUT2D eigenvalue weighted by Gasteiger charge is 2.30. The van der Waals surface area contributed by atoms with Crippen LogP contribution in [0.2, 0.25) is 0 Å². The number of halogens is 2. The Kier molecular flexibility index (Phi) is 4.38. The summed E-state index contributed by atoms with van der Waals surface area (Å²) in [5, 5.41) is 12.3. The van der Waals surface area contributed by atoms with Gasteiger partial charge in [0.05, 0.1) is 11.3 Å². The van der Waals surface area contributed by atoms with Crippen LogP contribution in [0.15, 0.2) is 53.1 Å². The number of hydrogen-bond donors (Lipinski definition) is 0. The molecule has 2 heterocycles. The van der Waals surface area contributed by atoms with Crippen molar-refractivity contribution < 1.29 is 13.3 Å². The van der Waals surface area contributed by atoms with E-state index in [-0.39, 0.29) is 29.0 Å². The maximum absolute atomic E-state index is 14.4. The molecule has 146 valence electrons. The van der Waals surface area contributed by atoms with Crippen molar-refractivity contribution in [1.82, 2.24) is 25.1 Å². The Hall–Kier alpha value is -3.42. The molecule has 1 saturated carbocycles. The third-order valence-corrected chi connectivity index (χ3v) is 5.27. The van der Waals surface area contributed by atoms with E-state index in [1.807, 2.05) is 0 Å². The van der Waals surface area contributed by atoms with E-state index in [1.165, 1.54) is 16.8 Å². The molecule has 6 nitrogen and oxygen atoms in total. The second kappa shape index (κ2) is 7.20. The van der Waals surface area contributed by atoms with E-state index < -0.39 is 5.82 Å². The fourth-order valence-corrected chi connectivity index (χ4v) is 3.88. The van der Waals surface area contributed by atoms with E-state index in [1.54, 1.807) is 36.4 Å². The summed E-state index contributed by atoms with van der Waals surface area (Å²) in [6.07, 6.45) is 4.06. The molecular weight excluding hydrogens is 376 g/mol. The average molecular weight is 393 g/mol. The van der Waals surface area contributed by atoms with Crippen LogP contribution < -0.4 is 0 Å². The molecule has 0 spiro atoms. The second-order valence-corrected chi connectivity index (χ2v) is 7.07. The van der Waals surface area contributed by atoms with Crippen molar-refractivity contribution in [2.75, 3.05) is 0 Å². The van der Waals surface area contributed by atoms with Crippen molar-refractivity contribution in [2.24, 2.45) is 0 Å². The predicted octanol–water partition coefficient (Wildman–Crippen LogP) is 4.92. The van der Waals surface area contributed by atoms with Gasteiger partial charge in [-0.25, -0.2) is 13.5 Å². The van der Waals surface area contributed by atoms with Crippen molar-refractivity contribution in [1.29, 1.82) is 0 Å². The molecule has 4 aromatic rings. The van der Waals surface area contributed by atoms with E-state index >= 15 is 0 Å². The fourth-order valence-electron chi connectivity index (χ4n) is 3.88. The van der Waals surface area contributed by atoms with Gasteiger partial charge in [-0.05, 0) is 37.1 Å². The van der Waals surface area contributed by atoms with Crippen molar-refractivity contribution in [3.05, 3.63) is 65.9 Å². The molecule has 2 aromatic carbocycles. The third kappa shape index (κ3) is 3.10. The predicted molar refractivity (Wildman–Crippen MR) is 101 cm³/mol. The summed E-state index contributed by atoms with van der Waals surface area (Å²) in [6, 6.07) is 12.6. The van der Waals surface area contributed by atoms with Crippen LogP contribution in [0.5, 0.6) is 0 Å². The lowest BCUT2D eigenvalue weighted by Crippen LogP contribution is -2.08. The molecule has 0 bridgehead atoms. The van der Waals surface area contributed by atoms with Crippen LogP contribution in [0.4, 0.5) is 8.78 Å². The van der Waals surface area contributed by atoms with E-state index in [4.69, 9.17) is 4.52 Å². The van der Waals surface area contributed by atoms with Crippen LogP contribution in [0, 0.1) is 11.6 Å². The quantitative estimate of drug-likeness (QED) is 0.492. The van der Waals surface area contributed by atoms with Crippen LogP contribution in [-0.2, 0) is 0 Å². The van der Waals surface area contributed by atoms with Gasteiger partial charge >= 0.3 is 0 Å². The van der Waals surface area contributed by atoms with Gasteiger partial charge in [0.1, 0.15) is 17.3 Å². The van der Waals surface area contributed by atoms with Gasteiger partial charge in [-0.1, -0.05) is 47.5 Å². The van der Waals surface area contributed by atoms with E-state index in [2.05, 4.69) is 20.5 Å². The summed E-state index contributed by atoms with van der Waals surface area (Å²) < 4.78 is 35.5. The molecule has 0 aliphatic heterocycles. The van der Waals surface area contributed by atoms with Crippen LogP contribution in [-0.4, -0.2) is 25.1 Å². The Morgan fingerprint density at radius 1 is 0.931 bits per heavy atom. The van der Waals surface area contributed by atoms with Gasteiger partial charge in [-0.2, -0.15) is 4.98 Å². The summed E-state index contributed by atoms with van der Waals surface area (Å²) >= 11 is 0. The van der Waals surface area contributed by atoms with Crippen LogP contribution in [0.25, 0.3) is 28.7 Å². The monoisotopic (exact) mass is 393 g/mol. The highest BCUT2D eigenvalue weighted by atomic mass is 19.1. The molecule has 0 N–H and O–H groups in total. The van der Waals surface area contributed by atoms with Crippen molar-refractivity contribution in [3.63, 3.8) is 0 Å². The first-order valence-corrected chi connectivity index (χ1v) is 9.52. The molecule has 0 radical (unpaired) electrons. The number of para-hydroxylation sites is 1. The Morgan fingerprint density at radius 2 is 1.66 bits per heavy atom. The van der Waals surface area contributed by atoms with Crippen molar-refractivity contribution in [3.8, 4) is 28.7 Å². The zero-order chi connectivity index (χ0) is 19.8. The lowest BCUT2D eigenvalue weighted by Gasteiger charge is -2.13. The van der Waals surface area contributed by atoms with Gasteiger partial charge in [0, 0.05) is 5.92 Å². The summed E-state index contributed by atoms with van der Waals surface area (Å²) in [6.45, 7) is 0. The molecule has 0 amide bonds. The molecule has 1 aliphatic rings. The molecule has 0 unspecified atom stereocenters. The molecule has 0 saturated heterocycles. The summed E-state index contributed by atoms with van der Waals surface area (Å²) in [4.78, 5) is 4.35. The van der Waals surface area contributed by atoms with Crippen molar-refractivity contribution in [2.45, 2.75) is 31.6 Å². The molecule has 1 fully saturated rings. The number of benzene rings is 2. The van der Waals surface area contributed by atoms with Crippen LogP contribution in [0.1, 0.15) is 37.3 Å². The molecule has 8 heteroatoms. The Balaban J connectivity index is 1.63. The van der Waals surface area contributed by atoms with Gasteiger partial charge < -0.3 is 4.52 Å². The van der Waals surface area contributed by atoms with E-state index in [0.29, 0.717) is 11.4 Å². The molecule has 29 heavy (non-hydrogen) atoms. The van der Waals surface area contributed by atoms with Gasteiger partial charge in [-0.15, -0.1) is 5.10 Å². The lowest BCUT2D eigenvalue weighted by atomic mass is 10.0. The fraction of sp³-hybridized carbons (Fsp3) is 0.238. The van der Waals surface area contributed by atoms with E-state index in [0.717, 1.165) is 31.4 Å². The zero-order valence-corrected chi connectivity index (χ0v) is 15.4. The maximum Gasteiger partial charge on any atom is 0.280 e. The topological polar surface area (TPSA) is 69.6 Å². The largest absolute Gasteiger partial charge is 0.332 e. The van der Waals surface area contributed by atoms with Crippen LogP contribution >= 0.6 is 0 Å². The molecule has 1 aliphatic carbocycles. The first kappa shape index (κ1) is 17.7. The lowest BCUT2D eigenvalue weighted by molar-refractivity contribution is 0.429. The SMILES string of the molecule is Fc1ccccc1-c1noc(-c2nnn(-c3ccccc3F)c2C2CCCC2)n1. The van der Waals surface area contributed by atoms with E-state index in [9.17, 15) is 8.78 Å². The van der Waals surface area contributed by atoms with Gasteiger partial charge in [-0.3, -0.25) is 0 Å². The number of aromatic nitrogens is 5. The minimum absolute atomic E-state index is 0.135. The smallest absolute Gasteiger partial charge is 0.280 e. The Bertz CT molecular complexity index is 1160. The summed E-state index contributed by atoms with van der Waals surface area (Å²) in [7, 11) is 0. The highest BCUT2D eigenvalue weighted by Crippen LogP contribution is 2.39. The van der Waals surface area contributed by atoms with Crippen molar-refractivity contribution >= 4 is 0 Å². The summed E-state index contributed by atoms with van der Waals surface area (Å²) in [5.74, 6) is -0.390. The summed E-state index contributed by atoms with van der Waals surface area (Å²) in [5.41, 5.74) is 1.72. The Morgan fingerprint density at radius 3 is 2.41 bits per heavy atom. The van der Waals surface area contributed by atoms with Crippen LogP contribution in [0.3, 0.4) is 0 Å². The number of hydrogen-bond acceptors (Lipinski definition) is 5. The highest BCUT2D eigenvalue weighted by molar-refractivity contribution is 5.60. The molecular formula is C21H17F2N5O. The first-order chi connectivity index (χ1) is 14.2. The van der Waals surface area contributed by atoms with Gasteiger partial charge in [0.25, 0.3) is 5.89 Å². The average Bonchev–Trinajstić information content (AvgIpc) is 3.48.